The SMILES string of the molecule is NCCCCCOCc1ccccc1Cl. The molecular formula is C12H18ClNO. The van der Waals surface area contributed by atoms with Crippen LogP contribution in [-0.2, 0) is 11.3 Å². The molecule has 0 unspecified atom stereocenters. The van der Waals surface area contributed by atoms with E-state index >= 15 is 0 Å². The van der Waals surface area contributed by atoms with E-state index in [2.05, 4.69) is 0 Å². The Labute approximate surface area is 96.4 Å². The summed E-state index contributed by atoms with van der Waals surface area (Å²) in [5.41, 5.74) is 6.45. The maximum Gasteiger partial charge on any atom is 0.0731 e. The first-order valence-electron chi connectivity index (χ1n) is 5.36. The molecule has 2 N–H and O–H groups in total. The van der Waals surface area contributed by atoms with Gasteiger partial charge in [0.1, 0.15) is 0 Å². The highest BCUT2D eigenvalue weighted by molar-refractivity contribution is 6.31. The van der Waals surface area contributed by atoms with Crippen molar-refractivity contribution < 1.29 is 4.74 Å². The molecule has 1 aromatic carbocycles. The van der Waals surface area contributed by atoms with Gasteiger partial charge in [-0.2, -0.15) is 0 Å². The van der Waals surface area contributed by atoms with Crippen molar-refractivity contribution >= 4 is 11.6 Å². The number of unbranched alkanes of at least 4 members (excludes halogenated alkanes) is 2. The van der Waals surface area contributed by atoms with Crippen LogP contribution >= 0.6 is 11.6 Å². The fourth-order valence-electron chi connectivity index (χ4n) is 1.32. The van der Waals surface area contributed by atoms with Crippen LogP contribution in [0.25, 0.3) is 0 Å². The van der Waals surface area contributed by atoms with E-state index in [1.165, 1.54) is 0 Å². The molecular weight excluding hydrogens is 210 g/mol. The Morgan fingerprint density at radius 3 is 2.67 bits per heavy atom. The van der Waals surface area contributed by atoms with Crippen LogP contribution in [-0.4, -0.2) is 13.2 Å². The molecule has 0 saturated carbocycles. The summed E-state index contributed by atoms with van der Waals surface area (Å²) in [6, 6.07) is 7.77. The second-order valence-electron chi connectivity index (χ2n) is 3.49. The molecule has 0 bridgehead atoms. The Kier molecular flexibility index (Phi) is 6.41. The van der Waals surface area contributed by atoms with Gasteiger partial charge in [-0.15, -0.1) is 0 Å². The summed E-state index contributed by atoms with van der Waals surface area (Å²) in [6.07, 6.45) is 3.29. The number of benzene rings is 1. The van der Waals surface area contributed by atoms with Crippen molar-refractivity contribution in [2.24, 2.45) is 5.73 Å². The molecule has 3 heteroatoms. The number of hydrogen-bond acceptors (Lipinski definition) is 2. The fourth-order valence-corrected chi connectivity index (χ4v) is 1.51. The molecule has 0 aliphatic heterocycles. The highest BCUT2D eigenvalue weighted by Crippen LogP contribution is 2.15. The van der Waals surface area contributed by atoms with E-state index in [1.807, 2.05) is 24.3 Å². The Bertz CT molecular complexity index is 278. The molecule has 2 nitrogen and oxygen atoms in total. The van der Waals surface area contributed by atoms with E-state index in [-0.39, 0.29) is 0 Å². The highest BCUT2D eigenvalue weighted by atomic mass is 35.5. The number of nitrogens with two attached hydrogens (primary N) is 1. The van der Waals surface area contributed by atoms with Gasteiger partial charge in [0.25, 0.3) is 0 Å². The zero-order chi connectivity index (χ0) is 10.9. The van der Waals surface area contributed by atoms with Gasteiger partial charge in [-0.1, -0.05) is 29.8 Å². The number of halogens is 1. The summed E-state index contributed by atoms with van der Waals surface area (Å²) in [5.74, 6) is 0. The summed E-state index contributed by atoms with van der Waals surface area (Å²) in [5, 5.41) is 0.777. The standard InChI is InChI=1S/C12H18ClNO/c13-12-7-3-2-6-11(12)10-15-9-5-1-4-8-14/h2-3,6-7H,1,4-5,8-10,14H2. The van der Waals surface area contributed by atoms with Crippen LogP contribution in [0.1, 0.15) is 24.8 Å². The molecule has 0 heterocycles. The summed E-state index contributed by atoms with van der Waals surface area (Å²) in [4.78, 5) is 0. The van der Waals surface area contributed by atoms with Crippen LogP contribution in [0.3, 0.4) is 0 Å². The van der Waals surface area contributed by atoms with Crippen molar-refractivity contribution in [3.63, 3.8) is 0 Å². The highest BCUT2D eigenvalue weighted by Gasteiger charge is 1.98. The zero-order valence-electron chi connectivity index (χ0n) is 8.92. The van der Waals surface area contributed by atoms with Crippen molar-refractivity contribution in [3.05, 3.63) is 34.9 Å². The minimum absolute atomic E-state index is 0.600. The van der Waals surface area contributed by atoms with Crippen LogP contribution < -0.4 is 5.73 Å². The molecule has 0 spiro atoms. The monoisotopic (exact) mass is 227 g/mol. The van der Waals surface area contributed by atoms with Crippen molar-refractivity contribution in [2.75, 3.05) is 13.2 Å². The minimum atomic E-state index is 0.600. The maximum absolute atomic E-state index is 5.99. The van der Waals surface area contributed by atoms with Crippen molar-refractivity contribution in [3.8, 4) is 0 Å². The van der Waals surface area contributed by atoms with Crippen LogP contribution in [0.4, 0.5) is 0 Å². The summed E-state index contributed by atoms with van der Waals surface area (Å²) in [7, 11) is 0. The molecule has 0 saturated heterocycles. The lowest BCUT2D eigenvalue weighted by Gasteiger charge is -2.05. The predicted molar refractivity (Wildman–Crippen MR) is 64.0 cm³/mol. The first-order valence-corrected chi connectivity index (χ1v) is 5.73. The molecule has 0 radical (unpaired) electrons. The third kappa shape index (κ3) is 5.17. The van der Waals surface area contributed by atoms with E-state index in [0.29, 0.717) is 6.61 Å². The lowest BCUT2D eigenvalue weighted by atomic mass is 10.2. The molecule has 1 rings (SSSR count). The quantitative estimate of drug-likeness (QED) is 0.727. The number of ether oxygens (including phenoxy) is 1. The van der Waals surface area contributed by atoms with Gasteiger partial charge in [0.15, 0.2) is 0 Å². The van der Waals surface area contributed by atoms with Crippen molar-refractivity contribution in [1.82, 2.24) is 0 Å². The van der Waals surface area contributed by atoms with Gasteiger partial charge in [0.2, 0.25) is 0 Å². The summed E-state index contributed by atoms with van der Waals surface area (Å²) in [6.45, 7) is 2.15. The van der Waals surface area contributed by atoms with Crippen LogP contribution in [0, 0.1) is 0 Å². The molecule has 0 amide bonds. The molecule has 0 aliphatic carbocycles. The Morgan fingerprint density at radius 1 is 1.13 bits per heavy atom. The van der Waals surface area contributed by atoms with E-state index in [4.69, 9.17) is 22.1 Å². The molecule has 15 heavy (non-hydrogen) atoms. The molecule has 0 fully saturated rings. The second kappa shape index (κ2) is 7.69. The lowest BCUT2D eigenvalue weighted by molar-refractivity contribution is 0.117. The average molecular weight is 228 g/mol. The molecule has 0 aliphatic rings. The third-order valence-electron chi connectivity index (χ3n) is 2.21. The Hall–Kier alpha value is -0.570. The van der Waals surface area contributed by atoms with Gasteiger partial charge in [-0.25, -0.2) is 0 Å². The van der Waals surface area contributed by atoms with Gasteiger partial charge in [0.05, 0.1) is 6.61 Å². The topological polar surface area (TPSA) is 35.2 Å². The average Bonchev–Trinajstić information content (AvgIpc) is 2.25. The van der Waals surface area contributed by atoms with Crippen LogP contribution in [0.15, 0.2) is 24.3 Å². The van der Waals surface area contributed by atoms with Gasteiger partial charge in [-0.05, 0) is 37.4 Å². The zero-order valence-corrected chi connectivity index (χ0v) is 9.67. The lowest BCUT2D eigenvalue weighted by Crippen LogP contribution is -2.00. The van der Waals surface area contributed by atoms with Gasteiger partial charge < -0.3 is 10.5 Å². The summed E-state index contributed by atoms with van der Waals surface area (Å²) >= 11 is 5.99. The number of rotatable bonds is 7. The van der Waals surface area contributed by atoms with Crippen molar-refractivity contribution in [2.45, 2.75) is 25.9 Å². The van der Waals surface area contributed by atoms with Crippen LogP contribution in [0.2, 0.25) is 5.02 Å². The third-order valence-corrected chi connectivity index (χ3v) is 2.58. The normalized spacial score (nSPS) is 10.5. The number of hydrogen-bond donors (Lipinski definition) is 1. The maximum atomic E-state index is 5.99. The Morgan fingerprint density at radius 2 is 1.93 bits per heavy atom. The largest absolute Gasteiger partial charge is 0.377 e. The summed E-state index contributed by atoms with van der Waals surface area (Å²) < 4.78 is 5.52. The van der Waals surface area contributed by atoms with E-state index < -0.39 is 0 Å². The first-order chi connectivity index (χ1) is 7.34. The van der Waals surface area contributed by atoms with Gasteiger partial charge >= 0.3 is 0 Å². The predicted octanol–water partition coefficient (Wildman–Crippen LogP) is 2.99. The van der Waals surface area contributed by atoms with Gasteiger partial charge in [0, 0.05) is 11.6 Å². The van der Waals surface area contributed by atoms with E-state index in [9.17, 15) is 0 Å². The Balaban J connectivity index is 2.12. The smallest absolute Gasteiger partial charge is 0.0731 e. The molecule has 0 aromatic heterocycles. The minimum Gasteiger partial charge on any atom is -0.377 e. The first kappa shape index (κ1) is 12.5. The van der Waals surface area contributed by atoms with Gasteiger partial charge in [-0.3, -0.25) is 0 Å². The molecule has 0 atom stereocenters. The second-order valence-corrected chi connectivity index (χ2v) is 3.90. The molecule has 1 aromatic rings. The van der Waals surface area contributed by atoms with Crippen molar-refractivity contribution in [1.29, 1.82) is 0 Å². The molecule has 84 valence electrons. The van der Waals surface area contributed by atoms with E-state index in [0.717, 1.165) is 43.0 Å². The van der Waals surface area contributed by atoms with E-state index in [1.54, 1.807) is 0 Å². The fraction of sp³-hybridized carbons (Fsp3) is 0.500. The van der Waals surface area contributed by atoms with Crippen LogP contribution in [0.5, 0.6) is 0 Å².